The molecule has 0 aliphatic heterocycles. The third kappa shape index (κ3) is 1.67. The first-order chi connectivity index (χ1) is 7.00. The summed E-state index contributed by atoms with van der Waals surface area (Å²) >= 11 is 0. The lowest BCUT2D eigenvalue weighted by atomic mass is 9.84. The quantitative estimate of drug-likeness (QED) is 0.698. The van der Waals surface area contributed by atoms with E-state index in [1.165, 1.54) is 5.56 Å². The first kappa shape index (κ1) is 9.97. The van der Waals surface area contributed by atoms with E-state index in [2.05, 4.69) is 31.8 Å². The highest BCUT2D eigenvalue weighted by Gasteiger charge is 2.16. The largest absolute Gasteiger partial charge is 0.329 e. The smallest absolute Gasteiger partial charge is 0.255 e. The number of aromatic nitrogens is 1. The fraction of sp³-hybridized carbons (Fsp3) is 0.308. The lowest BCUT2D eigenvalue weighted by Crippen LogP contribution is -2.14. The van der Waals surface area contributed by atoms with Crippen LogP contribution in [0, 0.1) is 0 Å². The predicted octanol–water partition coefficient (Wildman–Crippen LogP) is 2.83. The minimum absolute atomic E-state index is 0.0152. The summed E-state index contributed by atoms with van der Waals surface area (Å²) in [5.41, 5.74) is 1.26. The third-order valence-corrected chi connectivity index (χ3v) is 2.62. The number of hydrogen-bond donors (Lipinski definition) is 1. The fourth-order valence-corrected chi connectivity index (χ4v) is 1.88. The Balaban J connectivity index is 2.89. The van der Waals surface area contributed by atoms with Crippen molar-refractivity contribution in [3.05, 3.63) is 46.4 Å². The second kappa shape index (κ2) is 3.23. The van der Waals surface area contributed by atoms with Crippen molar-refractivity contribution in [1.82, 2.24) is 4.98 Å². The zero-order chi connectivity index (χ0) is 11.1. The summed E-state index contributed by atoms with van der Waals surface area (Å²) in [6.45, 7) is 6.47. The molecule has 0 spiro atoms. The summed E-state index contributed by atoms with van der Waals surface area (Å²) in [6.07, 6.45) is 1.71. The van der Waals surface area contributed by atoms with Crippen LogP contribution in [0.5, 0.6) is 0 Å². The Kier molecular flexibility index (Phi) is 2.14. The number of benzene rings is 1. The molecule has 1 aromatic carbocycles. The van der Waals surface area contributed by atoms with E-state index >= 15 is 0 Å². The second-order valence-electron chi connectivity index (χ2n) is 4.82. The number of fused-ring (bicyclic) bond motifs is 1. The van der Waals surface area contributed by atoms with Gasteiger partial charge in [-0.05, 0) is 28.5 Å². The van der Waals surface area contributed by atoms with Crippen molar-refractivity contribution in [3.8, 4) is 0 Å². The second-order valence-corrected chi connectivity index (χ2v) is 4.82. The van der Waals surface area contributed by atoms with Crippen molar-refractivity contribution in [2.45, 2.75) is 26.2 Å². The van der Waals surface area contributed by atoms with Gasteiger partial charge in [0, 0.05) is 11.6 Å². The van der Waals surface area contributed by atoms with E-state index in [1.54, 1.807) is 6.20 Å². The summed E-state index contributed by atoms with van der Waals surface area (Å²) in [5, 5.41) is 1.82. The maximum Gasteiger partial charge on any atom is 0.255 e. The summed E-state index contributed by atoms with van der Waals surface area (Å²) in [5.74, 6) is 0. The van der Waals surface area contributed by atoms with E-state index in [0.29, 0.717) is 0 Å². The number of pyridine rings is 1. The molecule has 0 bridgehead atoms. The molecule has 0 aliphatic carbocycles. The molecule has 2 nitrogen and oxygen atoms in total. The molecule has 78 valence electrons. The molecule has 2 heteroatoms. The molecule has 0 radical (unpaired) electrons. The molecule has 1 aromatic heterocycles. The fourth-order valence-electron chi connectivity index (χ4n) is 1.88. The van der Waals surface area contributed by atoms with Crippen LogP contribution in [0.25, 0.3) is 10.8 Å². The van der Waals surface area contributed by atoms with Gasteiger partial charge in [-0.15, -0.1) is 0 Å². The SMILES string of the molecule is CC(C)(C)c1cccc2c(=O)[nH]ccc12. The first-order valence-electron chi connectivity index (χ1n) is 5.11. The monoisotopic (exact) mass is 201 g/mol. The lowest BCUT2D eigenvalue weighted by molar-refractivity contribution is 0.596. The van der Waals surface area contributed by atoms with Gasteiger partial charge >= 0.3 is 0 Å². The number of H-pyrrole nitrogens is 1. The number of nitrogens with one attached hydrogen (secondary N) is 1. The molecule has 1 N–H and O–H groups in total. The van der Waals surface area contributed by atoms with Gasteiger partial charge in [0.25, 0.3) is 5.56 Å². The molecular weight excluding hydrogens is 186 g/mol. The first-order valence-corrected chi connectivity index (χ1v) is 5.11. The molecule has 15 heavy (non-hydrogen) atoms. The highest BCUT2D eigenvalue weighted by Crippen LogP contribution is 2.27. The van der Waals surface area contributed by atoms with Crippen molar-refractivity contribution in [1.29, 1.82) is 0 Å². The van der Waals surface area contributed by atoms with Crippen LogP contribution in [0.2, 0.25) is 0 Å². The Bertz CT molecular complexity index is 546. The van der Waals surface area contributed by atoms with Gasteiger partial charge in [-0.2, -0.15) is 0 Å². The average Bonchev–Trinajstić information content (AvgIpc) is 2.16. The number of hydrogen-bond acceptors (Lipinski definition) is 1. The summed E-state index contributed by atoms with van der Waals surface area (Å²) in [4.78, 5) is 14.3. The molecule has 0 fully saturated rings. The molecule has 0 saturated heterocycles. The van der Waals surface area contributed by atoms with Crippen LogP contribution in [-0.2, 0) is 5.41 Å². The van der Waals surface area contributed by atoms with Crippen molar-refractivity contribution in [3.63, 3.8) is 0 Å². The number of rotatable bonds is 0. The molecule has 2 aromatic rings. The Morgan fingerprint density at radius 3 is 2.47 bits per heavy atom. The summed E-state index contributed by atoms with van der Waals surface area (Å²) < 4.78 is 0. The van der Waals surface area contributed by atoms with E-state index in [-0.39, 0.29) is 11.0 Å². The molecule has 0 aliphatic rings. The zero-order valence-corrected chi connectivity index (χ0v) is 9.29. The lowest BCUT2D eigenvalue weighted by Gasteiger charge is -2.20. The van der Waals surface area contributed by atoms with Crippen LogP contribution in [0.4, 0.5) is 0 Å². The minimum Gasteiger partial charge on any atom is -0.329 e. The summed E-state index contributed by atoms with van der Waals surface area (Å²) in [7, 11) is 0. The van der Waals surface area contributed by atoms with Crippen LogP contribution < -0.4 is 5.56 Å². The van der Waals surface area contributed by atoms with Gasteiger partial charge in [0.2, 0.25) is 0 Å². The molecule has 0 saturated carbocycles. The third-order valence-electron chi connectivity index (χ3n) is 2.62. The Labute approximate surface area is 89.0 Å². The van der Waals surface area contributed by atoms with Gasteiger partial charge in [-0.25, -0.2) is 0 Å². The van der Waals surface area contributed by atoms with E-state index in [0.717, 1.165) is 10.8 Å². The molecule has 0 unspecified atom stereocenters. The van der Waals surface area contributed by atoms with Crippen LogP contribution in [-0.4, -0.2) is 4.98 Å². The van der Waals surface area contributed by atoms with Gasteiger partial charge in [-0.3, -0.25) is 4.79 Å². The maximum absolute atomic E-state index is 11.6. The van der Waals surface area contributed by atoms with Gasteiger partial charge in [0.15, 0.2) is 0 Å². The van der Waals surface area contributed by atoms with Crippen LogP contribution >= 0.6 is 0 Å². The maximum atomic E-state index is 11.6. The molecule has 1 heterocycles. The highest BCUT2D eigenvalue weighted by atomic mass is 16.1. The topological polar surface area (TPSA) is 32.9 Å². The Hall–Kier alpha value is -1.57. The van der Waals surface area contributed by atoms with Crippen molar-refractivity contribution >= 4 is 10.8 Å². The van der Waals surface area contributed by atoms with Gasteiger partial charge in [0.05, 0.1) is 0 Å². The highest BCUT2D eigenvalue weighted by molar-refractivity contribution is 5.85. The molecule has 0 atom stereocenters. The van der Waals surface area contributed by atoms with Crippen molar-refractivity contribution in [2.24, 2.45) is 0 Å². The van der Waals surface area contributed by atoms with Crippen LogP contribution in [0.1, 0.15) is 26.3 Å². The average molecular weight is 201 g/mol. The normalized spacial score (nSPS) is 11.9. The number of aromatic amines is 1. The molecular formula is C13H15NO. The standard InChI is InChI=1S/C13H15NO/c1-13(2,3)11-6-4-5-10-9(11)7-8-14-12(10)15/h4-8H,1-3H3,(H,14,15). The van der Waals surface area contributed by atoms with Gasteiger partial charge in [0.1, 0.15) is 0 Å². The van der Waals surface area contributed by atoms with E-state index < -0.39 is 0 Å². The van der Waals surface area contributed by atoms with Gasteiger partial charge < -0.3 is 4.98 Å². The van der Waals surface area contributed by atoms with Crippen molar-refractivity contribution < 1.29 is 0 Å². The van der Waals surface area contributed by atoms with E-state index in [4.69, 9.17) is 0 Å². The van der Waals surface area contributed by atoms with E-state index in [1.807, 2.05) is 18.2 Å². The van der Waals surface area contributed by atoms with E-state index in [9.17, 15) is 4.79 Å². The Morgan fingerprint density at radius 2 is 1.80 bits per heavy atom. The molecule has 2 rings (SSSR count). The molecule has 0 amide bonds. The van der Waals surface area contributed by atoms with Gasteiger partial charge in [-0.1, -0.05) is 32.9 Å². The Morgan fingerprint density at radius 1 is 1.07 bits per heavy atom. The van der Waals surface area contributed by atoms with Crippen LogP contribution in [0.3, 0.4) is 0 Å². The van der Waals surface area contributed by atoms with Crippen LogP contribution in [0.15, 0.2) is 35.3 Å². The summed E-state index contributed by atoms with van der Waals surface area (Å²) in [6, 6.07) is 7.86. The predicted molar refractivity (Wildman–Crippen MR) is 63.3 cm³/mol. The van der Waals surface area contributed by atoms with Crippen molar-refractivity contribution in [2.75, 3.05) is 0 Å². The minimum atomic E-state index is -0.0152. The zero-order valence-electron chi connectivity index (χ0n) is 9.29.